The van der Waals surface area contributed by atoms with Gasteiger partial charge in [-0.15, -0.1) is 0 Å². The monoisotopic (exact) mass is 515 g/mol. The molecule has 8 heteroatoms. The highest BCUT2D eigenvalue weighted by molar-refractivity contribution is 7.92. The van der Waals surface area contributed by atoms with Gasteiger partial charge in [-0.3, -0.25) is 13.9 Å². The van der Waals surface area contributed by atoms with Crippen LogP contribution in [-0.2, 0) is 32.6 Å². The normalized spacial score (nSPS) is 12.6. The Kier molecular flexibility index (Phi) is 10.1. The number of nitrogens with one attached hydrogen (secondary N) is 1. The van der Waals surface area contributed by atoms with E-state index in [4.69, 9.17) is 0 Å². The van der Waals surface area contributed by atoms with Crippen LogP contribution in [0.3, 0.4) is 0 Å². The highest BCUT2D eigenvalue weighted by Gasteiger charge is 2.28. The number of benzene rings is 2. The van der Waals surface area contributed by atoms with Crippen LogP contribution >= 0.6 is 0 Å². The molecule has 36 heavy (non-hydrogen) atoms. The largest absolute Gasteiger partial charge is 0.350 e. The van der Waals surface area contributed by atoms with Gasteiger partial charge in [-0.25, -0.2) is 8.42 Å². The zero-order valence-electron chi connectivity index (χ0n) is 22.7. The maximum absolute atomic E-state index is 13.4. The summed E-state index contributed by atoms with van der Waals surface area (Å²) in [4.78, 5) is 27.9. The van der Waals surface area contributed by atoms with Crippen LogP contribution in [0.15, 0.2) is 48.5 Å². The van der Waals surface area contributed by atoms with E-state index in [0.717, 1.165) is 23.1 Å². The van der Waals surface area contributed by atoms with Crippen molar-refractivity contribution < 1.29 is 18.0 Å². The quantitative estimate of drug-likeness (QED) is 0.479. The fourth-order valence-corrected chi connectivity index (χ4v) is 4.93. The lowest BCUT2D eigenvalue weighted by molar-refractivity contribution is -0.141. The minimum atomic E-state index is -3.51. The highest BCUT2D eigenvalue weighted by Crippen LogP contribution is 2.20. The van der Waals surface area contributed by atoms with Gasteiger partial charge < -0.3 is 10.2 Å². The van der Waals surface area contributed by atoms with Gasteiger partial charge in [0.1, 0.15) is 6.04 Å². The maximum Gasteiger partial charge on any atom is 0.242 e. The van der Waals surface area contributed by atoms with Crippen molar-refractivity contribution in [2.45, 2.75) is 78.9 Å². The van der Waals surface area contributed by atoms with Gasteiger partial charge in [0.2, 0.25) is 21.8 Å². The summed E-state index contributed by atoms with van der Waals surface area (Å²) in [7, 11) is -3.51. The van der Waals surface area contributed by atoms with Crippen molar-refractivity contribution in [3.05, 3.63) is 65.2 Å². The van der Waals surface area contributed by atoms with Crippen molar-refractivity contribution in [3.8, 4) is 0 Å². The predicted octanol–water partition coefficient (Wildman–Crippen LogP) is 4.44. The minimum absolute atomic E-state index is 0.123. The maximum atomic E-state index is 13.4. The molecule has 7 nitrogen and oxygen atoms in total. The number of carbonyl (C=O) groups excluding carboxylic acids is 2. The number of nitrogens with zero attached hydrogens (tertiary/aromatic N) is 2. The molecule has 0 aliphatic rings. The molecule has 0 bridgehead atoms. The van der Waals surface area contributed by atoms with E-state index in [9.17, 15) is 18.0 Å². The van der Waals surface area contributed by atoms with Crippen molar-refractivity contribution in [1.29, 1.82) is 0 Å². The number of hydrogen-bond donors (Lipinski definition) is 1. The highest BCUT2D eigenvalue weighted by atomic mass is 32.2. The molecule has 2 amide bonds. The van der Waals surface area contributed by atoms with E-state index in [1.807, 2.05) is 71.0 Å². The van der Waals surface area contributed by atoms with Gasteiger partial charge in [-0.1, -0.05) is 48.9 Å². The summed E-state index contributed by atoms with van der Waals surface area (Å²) >= 11 is 0. The van der Waals surface area contributed by atoms with Gasteiger partial charge in [0, 0.05) is 25.0 Å². The third-order valence-electron chi connectivity index (χ3n) is 5.89. The zero-order chi connectivity index (χ0) is 27.1. The first-order valence-electron chi connectivity index (χ1n) is 12.4. The molecule has 0 spiro atoms. The average Bonchev–Trinajstić information content (AvgIpc) is 2.78. The number of sulfonamides is 1. The van der Waals surface area contributed by atoms with Crippen molar-refractivity contribution in [2.75, 3.05) is 17.1 Å². The first-order chi connectivity index (χ1) is 16.7. The van der Waals surface area contributed by atoms with Crippen LogP contribution in [0.2, 0.25) is 0 Å². The van der Waals surface area contributed by atoms with Crippen molar-refractivity contribution in [2.24, 2.45) is 0 Å². The second-order valence-corrected chi connectivity index (χ2v) is 12.3. The minimum Gasteiger partial charge on any atom is -0.350 e. The first-order valence-corrected chi connectivity index (χ1v) is 14.3. The second kappa shape index (κ2) is 12.4. The van der Waals surface area contributed by atoms with E-state index >= 15 is 0 Å². The lowest BCUT2D eigenvalue weighted by Crippen LogP contribution is -2.52. The van der Waals surface area contributed by atoms with Crippen LogP contribution in [0.1, 0.15) is 64.2 Å². The molecule has 0 aliphatic carbocycles. The Balaban J connectivity index is 2.18. The van der Waals surface area contributed by atoms with Crippen LogP contribution in [-0.4, -0.2) is 49.5 Å². The van der Waals surface area contributed by atoms with Crippen molar-refractivity contribution >= 4 is 27.5 Å². The molecule has 1 unspecified atom stereocenters. The van der Waals surface area contributed by atoms with Crippen LogP contribution in [0.5, 0.6) is 0 Å². The average molecular weight is 516 g/mol. The summed E-state index contributed by atoms with van der Waals surface area (Å²) in [5.74, 6) is -0.417. The standard InChI is InChI=1S/C28H41N3O4S/c1-8-23-14-16-25(17-15-23)31(36(7,34)35)18-10-13-26(32)30(20-24-12-9-11-21(2)19-24)22(3)27(33)29-28(4,5)6/h9,11-12,14-17,19,22H,8,10,13,18,20H2,1-7H3,(H,29,33). The Bertz CT molecular complexity index is 1140. The van der Waals surface area contributed by atoms with Gasteiger partial charge in [-0.2, -0.15) is 0 Å². The number of hydrogen-bond acceptors (Lipinski definition) is 4. The lowest BCUT2D eigenvalue weighted by atomic mass is 10.1. The molecular formula is C28H41N3O4S. The van der Waals surface area contributed by atoms with Crippen molar-refractivity contribution in [3.63, 3.8) is 0 Å². The predicted molar refractivity (Wildman–Crippen MR) is 146 cm³/mol. The molecule has 0 fully saturated rings. The summed E-state index contributed by atoms with van der Waals surface area (Å²) < 4.78 is 26.3. The molecule has 0 radical (unpaired) electrons. The van der Waals surface area contributed by atoms with Crippen LogP contribution in [0.4, 0.5) is 5.69 Å². The fraction of sp³-hybridized carbons (Fsp3) is 0.500. The third kappa shape index (κ3) is 8.97. The van der Waals surface area contributed by atoms with Crippen LogP contribution < -0.4 is 9.62 Å². The van der Waals surface area contributed by atoms with E-state index in [-0.39, 0.29) is 24.8 Å². The second-order valence-electron chi connectivity index (χ2n) is 10.4. The Morgan fingerprint density at radius 2 is 1.67 bits per heavy atom. The number of rotatable bonds is 11. The molecule has 0 aliphatic heterocycles. The summed E-state index contributed by atoms with van der Waals surface area (Å²) in [5, 5.41) is 2.96. The summed E-state index contributed by atoms with van der Waals surface area (Å²) in [5.41, 5.74) is 3.29. The van der Waals surface area contributed by atoms with Gasteiger partial charge in [0.05, 0.1) is 11.9 Å². The Labute approximate surface area is 216 Å². The molecule has 1 atom stereocenters. The van der Waals surface area contributed by atoms with E-state index in [1.54, 1.807) is 24.0 Å². The third-order valence-corrected chi connectivity index (χ3v) is 7.08. The lowest BCUT2D eigenvalue weighted by Gasteiger charge is -2.32. The van der Waals surface area contributed by atoms with E-state index in [2.05, 4.69) is 5.32 Å². The molecule has 0 aromatic heterocycles. The SMILES string of the molecule is CCc1ccc(N(CCCC(=O)N(Cc2cccc(C)c2)C(C)C(=O)NC(C)(C)C)S(C)(=O)=O)cc1. The topological polar surface area (TPSA) is 86.8 Å². The number of aryl methyl sites for hydroxylation is 2. The van der Waals surface area contributed by atoms with Crippen LogP contribution in [0.25, 0.3) is 0 Å². The smallest absolute Gasteiger partial charge is 0.242 e. The van der Waals surface area contributed by atoms with Gasteiger partial charge in [0.15, 0.2) is 0 Å². The summed E-state index contributed by atoms with van der Waals surface area (Å²) in [6.45, 7) is 11.9. The molecule has 2 aromatic rings. The Morgan fingerprint density at radius 1 is 1.03 bits per heavy atom. The van der Waals surface area contributed by atoms with Gasteiger partial charge in [-0.05, 0) is 70.7 Å². The summed E-state index contributed by atoms with van der Waals surface area (Å²) in [6.07, 6.45) is 2.49. The molecule has 1 N–H and O–H groups in total. The zero-order valence-corrected chi connectivity index (χ0v) is 23.5. The summed E-state index contributed by atoms with van der Waals surface area (Å²) in [6, 6.07) is 14.6. The molecule has 0 heterocycles. The van der Waals surface area contributed by atoms with Crippen molar-refractivity contribution in [1.82, 2.24) is 10.2 Å². The molecule has 2 rings (SSSR count). The van der Waals surface area contributed by atoms with Gasteiger partial charge >= 0.3 is 0 Å². The van der Waals surface area contributed by atoms with E-state index in [0.29, 0.717) is 18.7 Å². The van der Waals surface area contributed by atoms with E-state index in [1.165, 1.54) is 10.6 Å². The fourth-order valence-electron chi connectivity index (χ4n) is 3.97. The first kappa shape index (κ1) is 29.4. The van der Waals surface area contributed by atoms with E-state index < -0.39 is 21.6 Å². The number of amides is 2. The Hall–Kier alpha value is -2.87. The van der Waals surface area contributed by atoms with Gasteiger partial charge in [0.25, 0.3) is 0 Å². The number of anilines is 1. The Morgan fingerprint density at radius 3 is 2.19 bits per heavy atom. The molecular weight excluding hydrogens is 474 g/mol. The van der Waals surface area contributed by atoms with Crippen LogP contribution in [0, 0.1) is 6.92 Å². The number of carbonyl (C=O) groups is 2. The molecule has 0 saturated heterocycles. The molecule has 2 aromatic carbocycles. The molecule has 198 valence electrons. The molecule has 0 saturated carbocycles.